The first kappa shape index (κ1) is 22.4. The van der Waals surface area contributed by atoms with Gasteiger partial charge in [0.25, 0.3) is 0 Å². The van der Waals surface area contributed by atoms with Gasteiger partial charge in [0.1, 0.15) is 17.7 Å². The number of fused-ring (bicyclic) bond motifs is 1. The van der Waals surface area contributed by atoms with Gasteiger partial charge in [-0.15, -0.1) is 34.2 Å². The van der Waals surface area contributed by atoms with Crippen LogP contribution in [0.25, 0.3) is 0 Å². The van der Waals surface area contributed by atoms with E-state index in [9.17, 15) is 0 Å². The number of halogens is 1. The van der Waals surface area contributed by atoms with Crippen molar-refractivity contribution in [3.8, 4) is 5.75 Å². The third-order valence-electron chi connectivity index (χ3n) is 4.80. The normalized spacial score (nSPS) is 15.0. The van der Waals surface area contributed by atoms with E-state index in [-0.39, 0.29) is 30.1 Å². The van der Waals surface area contributed by atoms with Crippen molar-refractivity contribution in [3.63, 3.8) is 0 Å². The van der Waals surface area contributed by atoms with E-state index in [1.165, 1.54) is 19.3 Å². The van der Waals surface area contributed by atoms with Crippen LogP contribution in [0.3, 0.4) is 0 Å². The quantitative estimate of drug-likeness (QED) is 0.364. The maximum Gasteiger partial charge on any atom is 0.191 e. The van der Waals surface area contributed by atoms with Crippen molar-refractivity contribution in [2.75, 3.05) is 13.6 Å². The van der Waals surface area contributed by atoms with E-state index in [1.54, 1.807) is 7.05 Å². The summed E-state index contributed by atoms with van der Waals surface area (Å²) in [6.07, 6.45) is 4.70. The van der Waals surface area contributed by atoms with Crippen LogP contribution in [-0.2, 0) is 19.5 Å². The highest BCUT2D eigenvalue weighted by Gasteiger charge is 2.15. The van der Waals surface area contributed by atoms with Gasteiger partial charge in [0.05, 0.1) is 13.1 Å². The van der Waals surface area contributed by atoms with Crippen LogP contribution >= 0.6 is 24.0 Å². The summed E-state index contributed by atoms with van der Waals surface area (Å²) in [5, 5.41) is 15.3. The zero-order chi connectivity index (χ0) is 19.1. The van der Waals surface area contributed by atoms with E-state index >= 15 is 0 Å². The average Bonchev–Trinajstić information content (AvgIpc) is 2.90. The first-order valence-electron chi connectivity index (χ1n) is 9.75. The summed E-state index contributed by atoms with van der Waals surface area (Å²) in [7, 11) is 1.77. The number of benzene rings is 1. The van der Waals surface area contributed by atoms with Crippen molar-refractivity contribution >= 4 is 29.9 Å². The largest absolute Gasteiger partial charge is 0.489 e. The fourth-order valence-electron chi connectivity index (χ4n) is 3.25. The molecule has 0 saturated carbocycles. The lowest BCUT2D eigenvalue weighted by Gasteiger charge is -2.18. The number of rotatable bonds is 6. The minimum Gasteiger partial charge on any atom is -0.489 e. The predicted molar refractivity (Wildman–Crippen MR) is 122 cm³/mol. The third kappa shape index (κ3) is 6.08. The Kier molecular flexibility index (Phi) is 9.01. The van der Waals surface area contributed by atoms with Gasteiger partial charge < -0.3 is 19.9 Å². The molecule has 3 rings (SSSR count). The highest BCUT2D eigenvalue weighted by molar-refractivity contribution is 14.0. The molecule has 0 spiro atoms. The van der Waals surface area contributed by atoms with E-state index in [4.69, 9.17) is 4.74 Å². The molecule has 1 aromatic heterocycles. The number of guanidine groups is 1. The van der Waals surface area contributed by atoms with Crippen molar-refractivity contribution in [1.82, 2.24) is 25.4 Å². The molecule has 1 aliphatic heterocycles. The van der Waals surface area contributed by atoms with E-state index in [0.717, 1.165) is 41.9 Å². The molecule has 1 atom stereocenters. The predicted octanol–water partition coefficient (Wildman–Crippen LogP) is 3.06. The monoisotopic (exact) mass is 498 g/mol. The van der Waals surface area contributed by atoms with Crippen LogP contribution in [0, 0.1) is 6.92 Å². The standard InChI is InChI=1S/C20H30N6O.HI/c1-15-9-6-7-10-17(15)27-16(2)13-22-20(21-3)23-14-19-25-24-18-11-5-4-8-12-26(18)19;/h6-7,9-10,16H,4-5,8,11-14H2,1-3H3,(H2,21,22,23);1H. The minimum absolute atomic E-state index is 0. The Balaban J connectivity index is 0.00000280. The van der Waals surface area contributed by atoms with Crippen LogP contribution in [0.15, 0.2) is 29.3 Å². The molecule has 1 aromatic carbocycles. The number of para-hydroxylation sites is 1. The Labute approximate surface area is 184 Å². The highest BCUT2D eigenvalue weighted by atomic mass is 127. The topological polar surface area (TPSA) is 76.4 Å². The lowest BCUT2D eigenvalue weighted by atomic mass is 10.2. The number of aliphatic imine (C=N–C) groups is 1. The van der Waals surface area contributed by atoms with Gasteiger partial charge in [0, 0.05) is 20.0 Å². The van der Waals surface area contributed by atoms with Crippen molar-refractivity contribution in [2.24, 2.45) is 4.99 Å². The second-order valence-corrected chi connectivity index (χ2v) is 7.00. The minimum atomic E-state index is 0. The van der Waals surface area contributed by atoms with Gasteiger partial charge in [-0.2, -0.15) is 0 Å². The lowest BCUT2D eigenvalue weighted by Crippen LogP contribution is -2.41. The molecular formula is C20H31IN6O. The summed E-state index contributed by atoms with van der Waals surface area (Å²) >= 11 is 0. The van der Waals surface area contributed by atoms with E-state index in [1.807, 2.05) is 25.1 Å². The Morgan fingerprint density at radius 1 is 1.21 bits per heavy atom. The number of ether oxygens (including phenoxy) is 1. The number of hydrogen-bond acceptors (Lipinski definition) is 4. The molecule has 1 unspecified atom stereocenters. The molecule has 0 radical (unpaired) electrons. The Hall–Kier alpha value is -1.84. The Bertz CT molecular complexity index is 776. The van der Waals surface area contributed by atoms with Crippen molar-refractivity contribution in [1.29, 1.82) is 0 Å². The van der Waals surface area contributed by atoms with Gasteiger partial charge in [-0.25, -0.2) is 0 Å². The summed E-state index contributed by atoms with van der Waals surface area (Å²) in [6.45, 7) is 6.38. The zero-order valence-corrected chi connectivity index (χ0v) is 19.3. The van der Waals surface area contributed by atoms with Gasteiger partial charge in [-0.05, 0) is 38.3 Å². The molecular weight excluding hydrogens is 467 g/mol. The van der Waals surface area contributed by atoms with Gasteiger partial charge >= 0.3 is 0 Å². The molecule has 0 fully saturated rings. The van der Waals surface area contributed by atoms with Crippen molar-refractivity contribution in [2.45, 2.75) is 58.7 Å². The smallest absolute Gasteiger partial charge is 0.191 e. The molecule has 2 aromatic rings. The van der Waals surface area contributed by atoms with E-state index < -0.39 is 0 Å². The van der Waals surface area contributed by atoms with Crippen LogP contribution in [0.5, 0.6) is 5.75 Å². The fourth-order valence-corrected chi connectivity index (χ4v) is 3.25. The Morgan fingerprint density at radius 3 is 2.82 bits per heavy atom. The maximum absolute atomic E-state index is 6.01. The lowest BCUT2D eigenvalue weighted by molar-refractivity contribution is 0.222. The van der Waals surface area contributed by atoms with Crippen LogP contribution in [-0.4, -0.2) is 40.4 Å². The second-order valence-electron chi connectivity index (χ2n) is 7.00. The van der Waals surface area contributed by atoms with Gasteiger partial charge in [0.15, 0.2) is 11.8 Å². The molecule has 8 heteroatoms. The van der Waals surface area contributed by atoms with Gasteiger partial charge in [0.2, 0.25) is 0 Å². The molecule has 0 saturated heterocycles. The summed E-state index contributed by atoms with van der Waals surface area (Å²) < 4.78 is 8.25. The molecule has 7 nitrogen and oxygen atoms in total. The van der Waals surface area contributed by atoms with Crippen LogP contribution in [0.2, 0.25) is 0 Å². The molecule has 0 aliphatic carbocycles. The molecule has 1 aliphatic rings. The summed E-state index contributed by atoms with van der Waals surface area (Å²) in [5.74, 6) is 3.73. The summed E-state index contributed by atoms with van der Waals surface area (Å²) in [4.78, 5) is 4.30. The van der Waals surface area contributed by atoms with Crippen molar-refractivity contribution < 1.29 is 4.74 Å². The summed E-state index contributed by atoms with van der Waals surface area (Å²) in [5.41, 5.74) is 1.14. The Morgan fingerprint density at radius 2 is 2.04 bits per heavy atom. The number of aryl methyl sites for hydroxylation is 2. The zero-order valence-electron chi connectivity index (χ0n) is 16.9. The number of aromatic nitrogens is 3. The first-order valence-corrected chi connectivity index (χ1v) is 9.75. The maximum atomic E-state index is 6.01. The van der Waals surface area contributed by atoms with Crippen LogP contribution < -0.4 is 15.4 Å². The number of nitrogens with one attached hydrogen (secondary N) is 2. The van der Waals surface area contributed by atoms with Crippen LogP contribution in [0.1, 0.15) is 43.4 Å². The summed E-state index contributed by atoms with van der Waals surface area (Å²) in [6, 6.07) is 8.06. The van der Waals surface area contributed by atoms with Gasteiger partial charge in [-0.3, -0.25) is 4.99 Å². The molecule has 0 amide bonds. The first-order chi connectivity index (χ1) is 13.2. The molecule has 28 heavy (non-hydrogen) atoms. The van der Waals surface area contributed by atoms with E-state index in [0.29, 0.717) is 13.1 Å². The average molecular weight is 498 g/mol. The van der Waals surface area contributed by atoms with Gasteiger partial charge in [-0.1, -0.05) is 24.6 Å². The fraction of sp³-hybridized carbons (Fsp3) is 0.550. The number of nitrogens with zero attached hydrogens (tertiary/aromatic N) is 4. The second kappa shape index (κ2) is 11.2. The molecule has 154 valence electrons. The molecule has 2 N–H and O–H groups in total. The van der Waals surface area contributed by atoms with Crippen LogP contribution in [0.4, 0.5) is 0 Å². The van der Waals surface area contributed by atoms with Crippen molar-refractivity contribution in [3.05, 3.63) is 41.5 Å². The SMILES string of the molecule is CN=C(NCc1nnc2n1CCCCC2)NCC(C)Oc1ccccc1C.I. The third-order valence-corrected chi connectivity index (χ3v) is 4.80. The molecule has 0 bridgehead atoms. The molecule has 2 heterocycles. The number of hydrogen-bond donors (Lipinski definition) is 2. The highest BCUT2D eigenvalue weighted by Crippen LogP contribution is 2.17. The van der Waals surface area contributed by atoms with E-state index in [2.05, 4.69) is 43.4 Å².